The first-order chi connectivity index (χ1) is 16.0. The molecule has 3 N–H and O–H groups in total. The fourth-order valence-electron chi connectivity index (χ4n) is 4.18. The third kappa shape index (κ3) is 3.76. The molecule has 0 aliphatic heterocycles. The minimum atomic E-state index is -0.530. The number of fused-ring (bicyclic) bond motifs is 2. The Kier molecular flexibility index (Phi) is 5.18. The van der Waals surface area contributed by atoms with E-state index in [-0.39, 0.29) is 6.61 Å². The van der Waals surface area contributed by atoms with Crippen molar-refractivity contribution in [2.45, 2.75) is 13.8 Å². The van der Waals surface area contributed by atoms with Gasteiger partial charge in [-0.2, -0.15) is 0 Å². The fourth-order valence-corrected chi connectivity index (χ4v) is 4.18. The van der Waals surface area contributed by atoms with Crippen molar-refractivity contribution in [3.8, 4) is 17.0 Å². The van der Waals surface area contributed by atoms with Crippen molar-refractivity contribution >= 4 is 33.8 Å². The zero-order valence-electron chi connectivity index (χ0n) is 18.5. The summed E-state index contributed by atoms with van der Waals surface area (Å²) < 4.78 is 7.89. The highest BCUT2D eigenvalue weighted by molar-refractivity contribution is 6.02. The second kappa shape index (κ2) is 8.31. The molecule has 2 aromatic heterocycles. The first-order valence-corrected chi connectivity index (χ1v) is 10.8. The molecule has 0 spiro atoms. The number of nitrogens with one attached hydrogen (secondary N) is 1. The van der Waals surface area contributed by atoms with Crippen LogP contribution in [-0.2, 0) is 4.79 Å². The van der Waals surface area contributed by atoms with Gasteiger partial charge in [0.05, 0.1) is 5.56 Å². The predicted molar refractivity (Wildman–Crippen MR) is 132 cm³/mol. The number of aromatic nitrogens is 2. The molecule has 0 unspecified atom stereocenters. The molecule has 0 aliphatic rings. The standard InChI is InChI=1S/C27H24N4O2/c1-17-8-7-9-18(2)25(17)30-27-26(29-23-12-5-6-15-31(23)27)24-20-11-4-3-10-19(20)13-14-21(24)33-16-22(28)32/h3-15,30H,16H2,1-2H3,(H2,28,32). The first kappa shape index (κ1) is 20.6. The van der Waals surface area contributed by atoms with E-state index in [0.29, 0.717) is 5.75 Å². The van der Waals surface area contributed by atoms with E-state index in [1.807, 2.05) is 71.3 Å². The van der Waals surface area contributed by atoms with Crippen LogP contribution < -0.4 is 15.8 Å². The van der Waals surface area contributed by atoms with E-state index in [9.17, 15) is 4.79 Å². The minimum Gasteiger partial charge on any atom is -0.483 e. The van der Waals surface area contributed by atoms with Crippen molar-refractivity contribution in [1.29, 1.82) is 0 Å². The molecule has 2 heterocycles. The van der Waals surface area contributed by atoms with Gasteiger partial charge in [-0.3, -0.25) is 9.20 Å². The maximum atomic E-state index is 11.5. The average molecular weight is 437 g/mol. The Balaban J connectivity index is 1.80. The van der Waals surface area contributed by atoms with Gasteiger partial charge in [-0.1, -0.05) is 54.6 Å². The van der Waals surface area contributed by atoms with Gasteiger partial charge in [-0.25, -0.2) is 4.98 Å². The van der Waals surface area contributed by atoms with Gasteiger partial charge in [0.25, 0.3) is 5.91 Å². The summed E-state index contributed by atoms with van der Waals surface area (Å²) >= 11 is 0. The number of carbonyl (C=O) groups excluding carboxylic acids is 1. The molecule has 5 rings (SSSR count). The van der Waals surface area contributed by atoms with Gasteiger partial charge in [0.2, 0.25) is 0 Å². The van der Waals surface area contributed by atoms with Gasteiger partial charge < -0.3 is 15.8 Å². The van der Waals surface area contributed by atoms with Gasteiger partial charge in [0.15, 0.2) is 6.61 Å². The zero-order chi connectivity index (χ0) is 22.9. The van der Waals surface area contributed by atoms with Gasteiger partial charge in [-0.05, 0) is 53.9 Å². The lowest BCUT2D eigenvalue weighted by molar-refractivity contribution is -0.119. The molecule has 6 nitrogen and oxygen atoms in total. The number of benzene rings is 3. The van der Waals surface area contributed by atoms with Crippen molar-refractivity contribution < 1.29 is 9.53 Å². The van der Waals surface area contributed by atoms with Gasteiger partial charge in [-0.15, -0.1) is 0 Å². The number of imidazole rings is 1. The van der Waals surface area contributed by atoms with Gasteiger partial charge in [0.1, 0.15) is 22.9 Å². The van der Waals surface area contributed by atoms with Crippen molar-refractivity contribution in [2.24, 2.45) is 5.73 Å². The number of hydrogen-bond acceptors (Lipinski definition) is 4. The molecule has 0 radical (unpaired) electrons. The van der Waals surface area contributed by atoms with Crippen LogP contribution in [0.15, 0.2) is 79.0 Å². The molecule has 0 bridgehead atoms. The fraction of sp³-hybridized carbons (Fsp3) is 0.111. The number of hydrogen-bond donors (Lipinski definition) is 2. The molecule has 3 aromatic carbocycles. The quantitative estimate of drug-likeness (QED) is 0.374. The summed E-state index contributed by atoms with van der Waals surface area (Å²) in [6.07, 6.45) is 1.98. The molecule has 0 aliphatic carbocycles. The Labute approximate surface area is 191 Å². The number of rotatable bonds is 6. The Morgan fingerprint density at radius 1 is 0.970 bits per heavy atom. The van der Waals surface area contributed by atoms with Crippen LogP contribution in [0, 0.1) is 13.8 Å². The normalized spacial score (nSPS) is 11.1. The van der Waals surface area contributed by atoms with Crippen LogP contribution in [0.2, 0.25) is 0 Å². The van der Waals surface area contributed by atoms with Gasteiger partial charge >= 0.3 is 0 Å². The second-order valence-corrected chi connectivity index (χ2v) is 8.04. The highest BCUT2D eigenvalue weighted by Crippen LogP contribution is 2.42. The zero-order valence-corrected chi connectivity index (χ0v) is 18.5. The van der Waals surface area contributed by atoms with E-state index in [0.717, 1.165) is 50.3 Å². The van der Waals surface area contributed by atoms with E-state index >= 15 is 0 Å². The van der Waals surface area contributed by atoms with Crippen LogP contribution in [-0.4, -0.2) is 21.9 Å². The number of carbonyl (C=O) groups is 1. The first-order valence-electron chi connectivity index (χ1n) is 10.8. The summed E-state index contributed by atoms with van der Waals surface area (Å²) in [5.74, 6) is 0.849. The van der Waals surface area contributed by atoms with E-state index < -0.39 is 5.91 Å². The molecule has 0 saturated carbocycles. The SMILES string of the molecule is Cc1cccc(C)c1Nc1c(-c2c(OCC(N)=O)ccc3ccccc23)nc2ccccn12. The monoisotopic (exact) mass is 436 g/mol. The summed E-state index contributed by atoms with van der Waals surface area (Å²) in [7, 11) is 0. The topological polar surface area (TPSA) is 81.6 Å². The highest BCUT2D eigenvalue weighted by atomic mass is 16.5. The van der Waals surface area contributed by atoms with E-state index in [4.69, 9.17) is 15.5 Å². The Morgan fingerprint density at radius 3 is 2.52 bits per heavy atom. The summed E-state index contributed by atoms with van der Waals surface area (Å²) in [5, 5.41) is 5.67. The molecule has 0 fully saturated rings. The maximum absolute atomic E-state index is 11.5. The molecule has 0 atom stereocenters. The van der Waals surface area contributed by atoms with Crippen molar-refractivity contribution in [2.75, 3.05) is 11.9 Å². The second-order valence-electron chi connectivity index (χ2n) is 8.04. The molecular weight excluding hydrogens is 412 g/mol. The minimum absolute atomic E-state index is 0.210. The Bertz CT molecular complexity index is 1480. The number of nitrogens with two attached hydrogens (primary N) is 1. The Hall–Kier alpha value is -4.32. The van der Waals surface area contributed by atoms with Crippen LogP contribution in [0.5, 0.6) is 5.75 Å². The lowest BCUT2D eigenvalue weighted by atomic mass is 10.0. The number of para-hydroxylation sites is 1. The number of amides is 1. The Morgan fingerprint density at radius 2 is 1.73 bits per heavy atom. The summed E-state index contributed by atoms with van der Waals surface area (Å²) in [4.78, 5) is 16.5. The molecule has 164 valence electrons. The molecular formula is C27H24N4O2. The summed E-state index contributed by atoms with van der Waals surface area (Å²) in [6, 6.07) is 24.0. The lowest BCUT2D eigenvalue weighted by Gasteiger charge is -2.16. The molecule has 33 heavy (non-hydrogen) atoms. The molecule has 6 heteroatoms. The van der Waals surface area contributed by atoms with Crippen LogP contribution >= 0.6 is 0 Å². The third-order valence-corrected chi connectivity index (χ3v) is 5.75. The molecule has 0 saturated heterocycles. The van der Waals surface area contributed by atoms with E-state index in [1.165, 1.54) is 0 Å². The molecule has 1 amide bonds. The summed E-state index contributed by atoms with van der Waals surface area (Å²) in [5.41, 5.74) is 11.0. The van der Waals surface area contributed by atoms with Crippen LogP contribution in [0.3, 0.4) is 0 Å². The predicted octanol–water partition coefficient (Wildman–Crippen LogP) is 5.38. The van der Waals surface area contributed by atoms with Crippen molar-refractivity contribution in [3.05, 3.63) is 90.1 Å². The van der Waals surface area contributed by atoms with Crippen molar-refractivity contribution in [1.82, 2.24) is 9.38 Å². The number of pyridine rings is 1. The van der Waals surface area contributed by atoms with Crippen molar-refractivity contribution in [3.63, 3.8) is 0 Å². The number of ether oxygens (including phenoxy) is 1. The average Bonchev–Trinajstić information content (AvgIpc) is 3.17. The maximum Gasteiger partial charge on any atom is 0.255 e. The van der Waals surface area contributed by atoms with E-state index in [1.54, 1.807) is 0 Å². The summed E-state index contributed by atoms with van der Waals surface area (Å²) in [6.45, 7) is 3.95. The van der Waals surface area contributed by atoms with Crippen LogP contribution in [0.1, 0.15) is 11.1 Å². The van der Waals surface area contributed by atoms with Crippen LogP contribution in [0.4, 0.5) is 11.5 Å². The smallest absolute Gasteiger partial charge is 0.255 e. The lowest BCUT2D eigenvalue weighted by Crippen LogP contribution is -2.20. The highest BCUT2D eigenvalue weighted by Gasteiger charge is 2.21. The van der Waals surface area contributed by atoms with Gasteiger partial charge in [0, 0.05) is 11.9 Å². The number of primary amides is 1. The third-order valence-electron chi connectivity index (χ3n) is 5.75. The van der Waals surface area contributed by atoms with Crippen LogP contribution in [0.25, 0.3) is 27.7 Å². The molecule has 5 aromatic rings. The van der Waals surface area contributed by atoms with E-state index in [2.05, 4.69) is 31.3 Å². The number of nitrogens with zero attached hydrogens (tertiary/aromatic N) is 2. The largest absolute Gasteiger partial charge is 0.483 e. The number of anilines is 2. The number of aryl methyl sites for hydroxylation is 2.